The first-order valence-electron chi connectivity index (χ1n) is 6.29. The first-order chi connectivity index (χ1) is 8.44. The molecule has 1 aliphatic heterocycles. The Hall–Kier alpha value is -0.910. The van der Waals surface area contributed by atoms with Crippen LogP contribution in [0.15, 0.2) is 6.07 Å². The Morgan fingerprint density at radius 2 is 2.33 bits per heavy atom. The van der Waals surface area contributed by atoms with Crippen LogP contribution in [0.25, 0.3) is 0 Å². The zero-order chi connectivity index (χ0) is 13.3. The molecule has 3 N–H and O–H groups in total. The summed E-state index contributed by atoms with van der Waals surface area (Å²) >= 11 is 1.51. The van der Waals surface area contributed by atoms with E-state index in [1.54, 1.807) is 0 Å². The van der Waals surface area contributed by atoms with Crippen LogP contribution in [-0.2, 0) is 6.54 Å². The van der Waals surface area contributed by atoms with E-state index in [2.05, 4.69) is 31.1 Å². The first kappa shape index (κ1) is 13.5. The number of aryl methyl sites for hydroxylation is 1. The fourth-order valence-electron chi connectivity index (χ4n) is 2.52. The van der Waals surface area contributed by atoms with Gasteiger partial charge in [-0.3, -0.25) is 15.1 Å². The van der Waals surface area contributed by atoms with Crippen molar-refractivity contribution in [3.05, 3.63) is 21.4 Å². The maximum atomic E-state index is 11.5. The second kappa shape index (κ2) is 4.99. The van der Waals surface area contributed by atoms with Crippen molar-refractivity contribution in [2.24, 2.45) is 5.84 Å². The Balaban J connectivity index is 2.15. The molecule has 2 rings (SSSR count). The van der Waals surface area contributed by atoms with Gasteiger partial charge in [0.25, 0.3) is 5.91 Å². The molecule has 0 atom stereocenters. The summed E-state index contributed by atoms with van der Waals surface area (Å²) in [6.07, 6.45) is 2.50. The van der Waals surface area contributed by atoms with E-state index in [0.717, 1.165) is 13.1 Å². The SMILES string of the molecule is Cc1sc(C(=O)NN)cc1CN1CCCC1(C)C. The minimum Gasteiger partial charge on any atom is -0.294 e. The zero-order valence-electron chi connectivity index (χ0n) is 11.2. The second-order valence-corrected chi connectivity index (χ2v) is 6.76. The Morgan fingerprint density at radius 3 is 2.89 bits per heavy atom. The summed E-state index contributed by atoms with van der Waals surface area (Å²) < 4.78 is 0. The molecular weight excluding hydrogens is 246 g/mol. The van der Waals surface area contributed by atoms with Crippen molar-refractivity contribution in [2.45, 2.75) is 45.7 Å². The number of thiophene rings is 1. The summed E-state index contributed by atoms with van der Waals surface area (Å²) in [7, 11) is 0. The summed E-state index contributed by atoms with van der Waals surface area (Å²) in [6.45, 7) is 8.70. The number of nitrogens with zero attached hydrogens (tertiary/aromatic N) is 1. The molecule has 5 heteroatoms. The number of carbonyl (C=O) groups is 1. The van der Waals surface area contributed by atoms with E-state index in [0.29, 0.717) is 4.88 Å². The summed E-state index contributed by atoms with van der Waals surface area (Å²) in [4.78, 5) is 15.9. The molecule has 2 heterocycles. The van der Waals surface area contributed by atoms with Gasteiger partial charge in [0.05, 0.1) is 4.88 Å². The van der Waals surface area contributed by atoms with E-state index in [4.69, 9.17) is 5.84 Å². The van der Waals surface area contributed by atoms with Crippen molar-refractivity contribution in [3.8, 4) is 0 Å². The van der Waals surface area contributed by atoms with Crippen molar-refractivity contribution in [3.63, 3.8) is 0 Å². The molecule has 1 fully saturated rings. The highest BCUT2D eigenvalue weighted by Gasteiger charge is 2.32. The van der Waals surface area contributed by atoms with Gasteiger partial charge in [0.1, 0.15) is 0 Å². The van der Waals surface area contributed by atoms with Gasteiger partial charge in [0.2, 0.25) is 0 Å². The molecule has 0 spiro atoms. The van der Waals surface area contributed by atoms with Crippen molar-refractivity contribution >= 4 is 17.2 Å². The number of nitrogens with one attached hydrogen (secondary N) is 1. The van der Waals surface area contributed by atoms with E-state index in [1.165, 1.54) is 34.6 Å². The van der Waals surface area contributed by atoms with Crippen molar-refractivity contribution in [1.82, 2.24) is 10.3 Å². The van der Waals surface area contributed by atoms with Gasteiger partial charge in [0, 0.05) is 17.0 Å². The standard InChI is InChI=1S/C13H21N3OS/c1-9-10(7-11(18-9)12(17)15-14)8-16-6-4-5-13(16,2)3/h7H,4-6,8,14H2,1-3H3,(H,15,17). The van der Waals surface area contributed by atoms with E-state index < -0.39 is 0 Å². The summed E-state index contributed by atoms with van der Waals surface area (Å²) in [5, 5.41) is 0. The van der Waals surface area contributed by atoms with Crippen LogP contribution in [0.4, 0.5) is 0 Å². The number of hydrogen-bond acceptors (Lipinski definition) is 4. The lowest BCUT2D eigenvalue weighted by molar-refractivity contribution is 0.0957. The smallest absolute Gasteiger partial charge is 0.275 e. The number of hydrogen-bond donors (Lipinski definition) is 2. The number of nitrogens with two attached hydrogens (primary N) is 1. The Kier molecular flexibility index (Phi) is 3.75. The highest BCUT2D eigenvalue weighted by Crippen LogP contribution is 2.32. The highest BCUT2D eigenvalue weighted by molar-refractivity contribution is 7.14. The second-order valence-electron chi connectivity index (χ2n) is 5.50. The van der Waals surface area contributed by atoms with Crippen LogP contribution in [-0.4, -0.2) is 22.9 Å². The molecule has 100 valence electrons. The van der Waals surface area contributed by atoms with Gasteiger partial charge in [-0.1, -0.05) is 0 Å². The maximum absolute atomic E-state index is 11.5. The lowest BCUT2D eigenvalue weighted by Crippen LogP contribution is -2.37. The minimum absolute atomic E-state index is 0.199. The molecule has 18 heavy (non-hydrogen) atoms. The predicted molar refractivity (Wildman–Crippen MR) is 74.4 cm³/mol. The molecule has 0 unspecified atom stereocenters. The Bertz CT molecular complexity index is 453. The normalized spacial score (nSPS) is 19.1. The lowest BCUT2D eigenvalue weighted by Gasteiger charge is -2.31. The average molecular weight is 267 g/mol. The van der Waals surface area contributed by atoms with Crippen molar-refractivity contribution in [2.75, 3.05) is 6.54 Å². The minimum atomic E-state index is -0.199. The monoisotopic (exact) mass is 267 g/mol. The molecule has 0 aromatic carbocycles. The summed E-state index contributed by atoms with van der Waals surface area (Å²) in [5.41, 5.74) is 3.70. The van der Waals surface area contributed by atoms with Gasteiger partial charge < -0.3 is 0 Å². The molecule has 0 aliphatic carbocycles. The van der Waals surface area contributed by atoms with Crippen LogP contribution >= 0.6 is 11.3 Å². The quantitative estimate of drug-likeness (QED) is 0.500. The van der Waals surface area contributed by atoms with Crippen LogP contribution in [0.1, 0.15) is 46.8 Å². The van der Waals surface area contributed by atoms with Crippen LogP contribution < -0.4 is 11.3 Å². The maximum Gasteiger partial charge on any atom is 0.275 e. The molecule has 1 aliphatic rings. The van der Waals surface area contributed by atoms with Crippen LogP contribution in [0.2, 0.25) is 0 Å². The van der Waals surface area contributed by atoms with E-state index in [1.807, 2.05) is 6.07 Å². The molecule has 1 aromatic rings. The van der Waals surface area contributed by atoms with E-state index in [-0.39, 0.29) is 11.4 Å². The Morgan fingerprint density at radius 1 is 1.61 bits per heavy atom. The molecule has 0 saturated carbocycles. The number of nitrogen functional groups attached to an aromatic ring is 1. The number of hydrazine groups is 1. The lowest BCUT2D eigenvalue weighted by atomic mass is 10.0. The van der Waals surface area contributed by atoms with E-state index in [9.17, 15) is 4.79 Å². The predicted octanol–water partition coefficient (Wildman–Crippen LogP) is 2.03. The van der Waals surface area contributed by atoms with Crippen LogP contribution in [0.5, 0.6) is 0 Å². The number of amides is 1. The van der Waals surface area contributed by atoms with Gasteiger partial charge in [-0.15, -0.1) is 11.3 Å². The van der Waals surface area contributed by atoms with Crippen molar-refractivity contribution < 1.29 is 4.79 Å². The molecule has 0 bridgehead atoms. The van der Waals surface area contributed by atoms with Gasteiger partial charge >= 0.3 is 0 Å². The number of carbonyl (C=O) groups excluding carboxylic acids is 1. The zero-order valence-corrected chi connectivity index (χ0v) is 12.1. The topological polar surface area (TPSA) is 58.4 Å². The van der Waals surface area contributed by atoms with Crippen molar-refractivity contribution in [1.29, 1.82) is 0 Å². The fourth-order valence-corrected chi connectivity index (χ4v) is 3.46. The molecule has 1 amide bonds. The number of rotatable bonds is 3. The third-order valence-corrected chi connectivity index (χ3v) is 4.90. The number of likely N-dealkylation sites (tertiary alicyclic amines) is 1. The third kappa shape index (κ3) is 2.58. The molecule has 1 saturated heterocycles. The summed E-state index contributed by atoms with van der Waals surface area (Å²) in [6, 6.07) is 1.97. The third-order valence-electron chi connectivity index (χ3n) is 3.81. The molecular formula is C13H21N3OS. The first-order valence-corrected chi connectivity index (χ1v) is 7.11. The van der Waals surface area contributed by atoms with Gasteiger partial charge in [-0.2, -0.15) is 0 Å². The highest BCUT2D eigenvalue weighted by atomic mass is 32.1. The van der Waals surface area contributed by atoms with Gasteiger partial charge in [-0.25, -0.2) is 5.84 Å². The molecule has 4 nitrogen and oxygen atoms in total. The largest absolute Gasteiger partial charge is 0.294 e. The van der Waals surface area contributed by atoms with Crippen LogP contribution in [0, 0.1) is 6.92 Å². The molecule has 1 aromatic heterocycles. The Labute approximate surface area is 112 Å². The fraction of sp³-hybridized carbons (Fsp3) is 0.615. The van der Waals surface area contributed by atoms with Gasteiger partial charge in [0.15, 0.2) is 0 Å². The average Bonchev–Trinajstić information content (AvgIpc) is 2.83. The summed E-state index contributed by atoms with van der Waals surface area (Å²) in [5.74, 6) is 4.97. The van der Waals surface area contributed by atoms with E-state index >= 15 is 0 Å². The molecule has 0 radical (unpaired) electrons. The van der Waals surface area contributed by atoms with Gasteiger partial charge in [-0.05, 0) is 51.8 Å². The van der Waals surface area contributed by atoms with Crippen LogP contribution in [0.3, 0.4) is 0 Å².